The molecule has 0 amide bonds. The molecular formula is C14H12N4O. The number of nitrogens with zero attached hydrogens (tertiary/aromatic N) is 4. The van der Waals surface area contributed by atoms with E-state index in [1.54, 1.807) is 19.3 Å². The van der Waals surface area contributed by atoms with Gasteiger partial charge in [0.2, 0.25) is 5.78 Å². The number of ketones is 1. The number of hydrogen-bond donors (Lipinski definition) is 0. The summed E-state index contributed by atoms with van der Waals surface area (Å²) in [6.07, 6.45) is 1.61. The van der Waals surface area contributed by atoms with Crippen molar-refractivity contribution < 1.29 is 4.79 Å². The zero-order valence-corrected chi connectivity index (χ0v) is 10.7. The zero-order valence-electron chi connectivity index (χ0n) is 10.7. The second kappa shape index (κ2) is 4.28. The van der Waals surface area contributed by atoms with Gasteiger partial charge in [-0.25, -0.2) is 0 Å². The van der Waals surface area contributed by atoms with E-state index in [0.717, 1.165) is 16.6 Å². The van der Waals surface area contributed by atoms with Gasteiger partial charge < -0.3 is 0 Å². The highest BCUT2D eigenvalue weighted by Crippen LogP contribution is 2.16. The molecular weight excluding hydrogens is 240 g/mol. The number of benzene rings is 1. The van der Waals surface area contributed by atoms with Gasteiger partial charge in [0.1, 0.15) is 0 Å². The summed E-state index contributed by atoms with van der Waals surface area (Å²) in [6.45, 7) is 1.94. The Kier molecular flexibility index (Phi) is 2.59. The Balaban J connectivity index is 2.06. The first-order valence-electron chi connectivity index (χ1n) is 5.92. The normalized spacial score (nSPS) is 10.8. The fourth-order valence-corrected chi connectivity index (χ4v) is 1.97. The Hall–Kier alpha value is -2.56. The molecule has 0 atom stereocenters. The molecule has 94 valence electrons. The molecule has 0 saturated carbocycles. The topological polar surface area (TPSA) is 60.7 Å². The van der Waals surface area contributed by atoms with Crippen LogP contribution < -0.4 is 0 Å². The van der Waals surface area contributed by atoms with Crippen LogP contribution in [0.1, 0.15) is 21.7 Å². The van der Waals surface area contributed by atoms with E-state index in [2.05, 4.69) is 15.3 Å². The van der Waals surface area contributed by atoms with Crippen LogP contribution in [0, 0.1) is 6.92 Å². The van der Waals surface area contributed by atoms with Crippen molar-refractivity contribution in [3.05, 3.63) is 53.5 Å². The average Bonchev–Trinajstić information content (AvgIpc) is 2.84. The van der Waals surface area contributed by atoms with Gasteiger partial charge in [-0.05, 0) is 31.2 Å². The summed E-state index contributed by atoms with van der Waals surface area (Å²) >= 11 is 0. The van der Waals surface area contributed by atoms with Crippen LogP contribution in [-0.2, 0) is 7.05 Å². The molecule has 2 heterocycles. The molecule has 0 aliphatic carbocycles. The number of aryl methyl sites for hydroxylation is 2. The number of rotatable bonds is 2. The Bertz CT molecular complexity index is 776. The molecule has 0 N–H and O–H groups in total. The summed E-state index contributed by atoms with van der Waals surface area (Å²) in [6, 6.07) is 9.35. The molecule has 0 unspecified atom stereocenters. The lowest BCUT2D eigenvalue weighted by atomic mass is 10.1. The molecule has 0 aliphatic heterocycles. The molecule has 2 aromatic heterocycles. The molecule has 0 fully saturated rings. The summed E-state index contributed by atoms with van der Waals surface area (Å²) < 4.78 is 1.51. The summed E-state index contributed by atoms with van der Waals surface area (Å²) in [5.74, 6) is -0.129. The molecule has 5 nitrogen and oxygen atoms in total. The summed E-state index contributed by atoms with van der Waals surface area (Å²) in [4.78, 5) is 16.6. The molecule has 0 saturated heterocycles. The van der Waals surface area contributed by atoms with Crippen LogP contribution in [0.5, 0.6) is 0 Å². The third-order valence-corrected chi connectivity index (χ3v) is 2.93. The van der Waals surface area contributed by atoms with Crippen molar-refractivity contribution >= 4 is 16.7 Å². The van der Waals surface area contributed by atoms with Crippen molar-refractivity contribution in [2.75, 3.05) is 0 Å². The minimum Gasteiger partial charge on any atom is -0.287 e. The van der Waals surface area contributed by atoms with Crippen LogP contribution in [-0.4, -0.2) is 25.8 Å². The minimum atomic E-state index is -0.129. The van der Waals surface area contributed by atoms with Crippen molar-refractivity contribution in [1.82, 2.24) is 20.0 Å². The van der Waals surface area contributed by atoms with Crippen LogP contribution in [0.15, 0.2) is 36.5 Å². The van der Waals surface area contributed by atoms with Gasteiger partial charge in [0.25, 0.3) is 0 Å². The van der Waals surface area contributed by atoms with Crippen molar-refractivity contribution in [2.45, 2.75) is 6.92 Å². The molecule has 0 aliphatic rings. The molecule has 0 spiro atoms. The standard InChI is InChI=1S/C14H12N4O/c1-9-3-4-10-7-11(5-6-12(10)15-9)14(19)13-8-18(2)17-16-13/h3-8H,1-2H3. The van der Waals surface area contributed by atoms with Crippen LogP contribution in [0.2, 0.25) is 0 Å². The second-order valence-electron chi connectivity index (χ2n) is 4.47. The number of carbonyl (C=O) groups is 1. The molecule has 0 radical (unpaired) electrons. The maximum absolute atomic E-state index is 12.2. The predicted molar refractivity (Wildman–Crippen MR) is 70.9 cm³/mol. The van der Waals surface area contributed by atoms with Crippen LogP contribution in [0.25, 0.3) is 10.9 Å². The van der Waals surface area contributed by atoms with Gasteiger partial charge in [-0.15, -0.1) is 5.10 Å². The molecule has 0 bridgehead atoms. The Morgan fingerprint density at radius 1 is 1.21 bits per heavy atom. The van der Waals surface area contributed by atoms with Crippen LogP contribution in [0.3, 0.4) is 0 Å². The van der Waals surface area contributed by atoms with E-state index in [0.29, 0.717) is 11.3 Å². The Labute approximate surface area is 109 Å². The lowest BCUT2D eigenvalue weighted by Crippen LogP contribution is -2.02. The maximum Gasteiger partial charge on any atom is 0.214 e. The summed E-state index contributed by atoms with van der Waals surface area (Å²) in [7, 11) is 1.73. The van der Waals surface area contributed by atoms with Crippen molar-refractivity contribution in [3.8, 4) is 0 Å². The van der Waals surface area contributed by atoms with Gasteiger partial charge in [-0.2, -0.15) is 0 Å². The van der Waals surface area contributed by atoms with Crippen LogP contribution >= 0.6 is 0 Å². The van der Waals surface area contributed by atoms with Crippen LogP contribution in [0.4, 0.5) is 0 Å². The minimum absolute atomic E-state index is 0.129. The molecule has 3 aromatic rings. The largest absolute Gasteiger partial charge is 0.287 e. The van der Waals surface area contributed by atoms with E-state index < -0.39 is 0 Å². The third kappa shape index (κ3) is 2.10. The van der Waals surface area contributed by atoms with Crippen molar-refractivity contribution in [3.63, 3.8) is 0 Å². The van der Waals surface area contributed by atoms with Gasteiger partial charge in [0.05, 0.1) is 11.7 Å². The Morgan fingerprint density at radius 3 is 2.79 bits per heavy atom. The zero-order chi connectivity index (χ0) is 13.4. The van der Waals surface area contributed by atoms with E-state index in [-0.39, 0.29) is 5.78 Å². The van der Waals surface area contributed by atoms with Gasteiger partial charge >= 0.3 is 0 Å². The van der Waals surface area contributed by atoms with Crippen molar-refractivity contribution in [2.24, 2.45) is 7.05 Å². The van der Waals surface area contributed by atoms with Gasteiger partial charge in [-0.3, -0.25) is 14.5 Å². The summed E-state index contributed by atoms with van der Waals surface area (Å²) in [5, 5.41) is 8.55. The smallest absolute Gasteiger partial charge is 0.214 e. The van der Waals surface area contributed by atoms with E-state index in [4.69, 9.17) is 0 Å². The number of aromatic nitrogens is 4. The lowest BCUT2D eigenvalue weighted by Gasteiger charge is -2.01. The molecule has 19 heavy (non-hydrogen) atoms. The summed E-state index contributed by atoms with van der Waals surface area (Å²) in [5.41, 5.74) is 2.79. The van der Waals surface area contributed by atoms with E-state index in [1.165, 1.54) is 4.68 Å². The quantitative estimate of drug-likeness (QED) is 0.653. The van der Waals surface area contributed by atoms with Gasteiger partial charge in [-0.1, -0.05) is 11.3 Å². The first-order chi connectivity index (χ1) is 9.13. The van der Waals surface area contributed by atoms with E-state index in [9.17, 15) is 4.79 Å². The third-order valence-electron chi connectivity index (χ3n) is 2.93. The number of hydrogen-bond acceptors (Lipinski definition) is 4. The van der Waals surface area contributed by atoms with E-state index in [1.807, 2.05) is 31.2 Å². The average molecular weight is 252 g/mol. The second-order valence-corrected chi connectivity index (χ2v) is 4.47. The molecule has 3 rings (SSSR count). The maximum atomic E-state index is 12.2. The van der Waals surface area contributed by atoms with Gasteiger partial charge in [0, 0.05) is 23.7 Å². The fraction of sp³-hybridized carbons (Fsp3) is 0.143. The Morgan fingerprint density at radius 2 is 2.05 bits per heavy atom. The number of fused-ring (bicyclic) bond motifs is 1. The lowest BCUT2D eigenvalue weighted by molar-refractivity contribution is 0.103. The molecule has 1 aromatic carbocycles. The highest BCUT2D eigenvalue weighted by atomic mass is 16.1. The fourth-order valence-electron chi connectivity index (χ4n) is 1.97. The van der Waals surface area contributed by atoms with Gasteiger partial charge in [0.15, 0.2) is 5.69 Å². The highest BCUT2D eigenvalue weighted by molar-refractivity contribution is 6.09. The number of pyridine rings is 1. The van der Waals surface area contributed by atoms with E-state index >= 15 is 0 Å². The monoisotopic (exact) mass is 252 g/mol. The van der Waals surface area contributed by atoms with Crippen molar-refractivity contribution in [1.29, 1.82) is 0 Å². The first kappa shape index (κ1) is 11.5. The highest BCUT2D eigenvalue weighted by Gasteiger charge is 2.13. The SMILES string of the molecule is Cc1ccc2cc(C(=O)c3cn(C)nn3)ccc2n1. The first-order valence-corrected chi connectivity index (χ1v) is 5.92. The number of carbonyl (C=O) groups excluding carboxylic acids is 1. The predicted octanol–water partition coefficient (Wildman–Crippen LogP) is 1.90. The molecule has 5 heteroatoms.